The third kappa shape index (κ3) is 4.84. The predicted molar refractivity (Wildman–Crippen MR) is 95.5 cm³/mol. The van der Waals surface area contributed by atoms with Gasteiger partial charge >= 0.3 is 0 Å². The summed E-state index contributed by atoms with van der Waals surface area (Å²) < 4.78 is 10.9. The van der Waals surface area contributed by atoms with Crippen LogP contribution in [0, 0.1) is 0 Å². The Balaban J connectivity index is 1.43. The molecule has 1 unspecified atom stereocenters. The van der Waals surface area contributed by atoms with Gasteiger partial charge in [-0.3, -0.25) is 4.79 Å². The molecular weight excluding hydrogens is 318 g/mol. The number of hydrogen-bond acceptors (Lipinski definition) is 4. The molecule has 1 heterocycles. The van der Waals surface area contributed by atoms with Crippen LogP contribution in [0.5, 0.6) is 5.75 Å². The molecule has 0 aliphatic rings. The number of ether oxygens (including phenoxy) is 1. The number of aliphatic hydroxyl groups excluding tert-OH is 1. The Labute approximate surface area is 146 Å². The molecule has 1 atom stereocenters. The number of benzene rings is 2. The van der Waals surface area contributed by atoms with Crippen molar-refractivity contribution in [3.8, 4) is 5.75 Å². The van der Waals surface area contributed by atoms with Gasteiger partial charge in [0.25, 0.3) is 0 Å². The van der Waals surface area contributed by atoms with Gasteiger partial charge in [0.1, 0.15) is 24.2 Å². The van der Waals surface area contributed by atoms with E-state index in [0.29, 0.717) is 12.8 Å². The second-order valence-corrected chi connectivity index (χ2v) is 5.83. The van der Waals surface area contributed by atoms with Crippen molar-refractivity contribution < 1.29 is 19.1 Å². The highest BCUT2D eigenvalue weighted by molar-refractivity contribution is 5.88. The van der Waals surface area contributed by atoms with Gasteiger partial charge < -0.3 is 19.6 Å². The molecule has 0 saturated heterocycles. The second-order valence-electron chi connectivity index (χ2n) is 5.83. The molecule has 5 heteroatoms. The molecule has 2 aromatic carbocycles. The molecule has 0 fully saturated rings. The quantitative estimate of drug-likeness (QED) is 0.662. The lowest BCUT2D eigenvalue weighted by molar-refractivity contribution is -0.121. The summed E-state index contributed by atoms with van der Waals surface area (Å²) in [6.07, 6.45) is 1.68. The smallest absolute Gasteiger partial charge is 0.220 e. The van der Waals surface area contributed by atoms with Gasteiger partial charge in [-0.15, -0.1) is 0 Å². The van der Waals surface area contributed by atoms with E-state index in [1.54, 1.807) is 12.3 Å². The van der Waals surface area contributed by atoms with E-state index in [0.717, 1.165) is 22.3 Å². The summed E-state index contributed by atoms with van der Waals surface area (Å²) in [5.74, 6) is 1.37. The Morgan fingerprint density at radius 1 is 1.12 bits per heavy atom. The topological polar surface area (TPSA) is 71.7 Å². The van der Waals surface area contributed by atoms with Gasteiger partial charge in [0.2, 0.25) is 5.91 Å². The van der Waals surface area contributed by atoms with Crippen molar-refractivity contribution in [3.63, 3.8) is 0 Å². The summed E-state index contributed by atoms with van der Waals surface area (Å²) in [5, 5.41) is 14.8. The molecule has 0 spiro atoms. The number of nitrogens with one attached hydrogen (secondary N) is 1. The minimum atomic E-state index is -0.772. The fourth-order valence-electron chi connectivity index (χ4n) is 2.58. The molecule has 130 valence electrons. The summed E-state index contributed by atoms with van der Waals surface area (Å²) in [7, 11) is 0. The molecule has 1 aromatic heterocycles. The molecule has 2 N–H and O–H groups in total. The first-order chi connectivity index (χ1) is 12.2. The molecule has 0 bridgehead atoms. The zero-order valence-corrected chi connectivity index (χ0v) is 13.9. The van der Waals surface area contributed by atoms with Crippen LogP contribution >= 0.6 is 0 Å². The summed E-state index contributed by atoms with van der Waals surface area (Å²) in [6, 6.07) is 17.3. The fourth-order valence-corrected chi connectivity index (χ4v) is 2.58. The van der Waals surface area contributed by atoms with Gasteiger partial charge in [-0.05, 0) is 23.6 Å². The van der Waals surface area contributed by atoms with Crippen LogP contribution in [0.15, 0.2) is 65.3 Å². The monoisotopic (exact) mass is 339 g/mol. The SMILES string of the molecule is O=C(CCc1ccco1)NCC(O)COc1cccc2ccccc12. The summed E-state index contributed by atoms with van der Waals surface area (Å²) >= 11 is 0. The summed E-state index contributed by atoms with van der Waals surface area (Å²) in [5.41, 5.74) is 0. The van der Waals surface area contributed by atoms with Gasteiger partial charge in [-0.25, -0.2) is 0 Å². The van der Waals surface area contributed by atoms with Gasteiger partial charge in [-0.2, -0.15) is 0 Å². The van der Waals surface area contributed by atoms with Crippen molar-refractivity contribution in [1.29, 1.82) is 0 Å². The van der Waals surface area contributed by atoms with Crippen molar-refractivity contribution in [2.75, 3.05) is 13.2 Å². The Kier molecular flexibility index (Phi) is 5.69. The average molecular weight is 339 g/mol. The van der Waals surface area contributed by atoms with Crippen LogP contribution in [-0.2, 0) is 11.2 Å². The highest BCUT2D eigenvalue weighted by Gasteiger charge is 2.10. The summed E-state index contributed by atoms with van der Waals surface area (Å²) in [6.45, 7) is 0.272. The minimum Gasteiger partial charge on any atom is -0.490 e. The second kappa shape index (κ2) is 8.35. The number of hydrogen-bond donors (Lipinski definition) is 2. The zero-order valence-electron chi connectivity index (χ0n) is 13.9. The number of aliphatic hydroxyl groups is 1. The van der Waals surface area contributed by atoms with Crippen molar-refractivity contribution >= 4 is 16.7 Å². The zero-order chi connectivity index (χ0) is 17.5. The third-order valence-electron chi connectivity index (χ3n) is 3.89. The first kappa shape index (κ1) is 17.0. The summed E-state index contributed by atoms with van der Waals surface area (Å²) in [4.78, 5) is 11.8. The Morgan fingerprint density at radius 2 is 1.96 bits per heavy atom. The third-order valence-corrected chi connectivity index (χ3v) is 3.89. The van der Waals surface area contributed by atoms with Crippen LogP contribution in [0.25, 0.3) is 10.8 Å². The molecule has 3 aromatic rings. The lowest BCUT2D eigenvalue weighted by Gasteiger charge is -2.14. The Hall–Kier alpha value is -2.79. The largest absolute Gasteiger partial charge is 0.490 e. The number of furan rings is 1. The van der Waals surface area contributed by atoms with Crippen LogP contribution in [0.1, 0.15) is 12.2 Å². The lowest BCUT2D eigenvalue weighted by atomic mass is 10.1. The molecular formula is C20H21NO4. The highest BCUT2D eigenvalue weighted by Crippen LogP contribution is 2.25. The first-order valence-electron chi connectivity index (χ1n) is 8.30. The van der Waals surface area contributed by atoms with E-state index in [9.17, 15) is 9.90 Å². The standard InChI is InChI=1S/C20H21NO4/c22-16(13-21-20(23)11-10-17-7-4-12-24-17)14-25-19-9-3-6-15-5-1-2-8-18(15)19/h1-9,12,16,22H,10-11,13-14H2,(H,21,23). The normalized spacial score (nSPS) is 12.0. The maximum atomic E-state index is 11.8. The molecule has 1 amide bonds. The molecule has 0 aliphatic heterocycles. The average Bonchev–Trinajstić information content (AvgIpc) is 3.16. The van der Waals surface area contributed by atoms with Crippen LogP contribution < -0.4 is 10.1 Å². The number of rotatable bonds is 8. The van der Waals surface area contributed by atoms with Gasteiger partial charge in [-0.1, -0.05) is 36.4 Å². The van der Waals surface area contributed by atoms with Gasteiger partial charge in [0.05, 0.1) is 6.26 Å². The molecule has 5 nitrogen and oxygen atoms in total. The van der Waals surface area contributed by atoms with Crippen molar-refractivity contribution in [2.45, 2.75) is 18.9 Å². The van der Waals surface area contributed by atoms with Crippen LogP contribution in [0.3, 0.4) is 0 Å². The number of fused-ring (bicyclic) bond motifs is 1. The van der Waals surface area contributed by atoms with Crippen LogP contribution in [0.4, 0.5) is 0 Å². The predicted octanol–water partition coefficient (Wildman–Crippen LogP) is 2.92. The van der Waals surface area contributed by atoms with Crippen molar-refractivity contribution in [1.82, 2.24) is 5.32 Å². The van der Waals surface area contributed by atoms with E-state index in [1.165, 1.54) is 0 Å². The maximum absolute atomic E-state index is 11.8. The van der Waals surface area contributed by atoms with E-state index in [2.05, 4.69) is 5.32 Å². The van der Waals surface area contributed by atoms with Crippen molar-refractivity contribution in [2.24, 2.45) is 0 Å². The van der Waals surface area contributed by atoms with E-state index in [-0.39, 0.29) is 19.1 Å². The highest BCUT2D eigenvalue weighted by atomic mass is 16.5. The molecule has 0 radical (unpaired) electrons. The van der Waals surface area contributed by atoms with Crippen molar-refractivity contribution in [3.05, 3.63) is 66.6 Å². The van der Waals surface area contributed by atoms with Crippen LogP contribution in [-0.4, -0.2) is 30.3 Å². The number of aryl methyl sites for hydroxylation is 1. The Morgan fingerprint density at radius 3 is 2.80 bits per heavy atom. The number of amides is 1. The fraction of sp³-hybridized carbons (Fsp3) is 0.250. The van der Waals surface area contributed by atoms with E-state index in [4.69, 9.17) is 9.15 Å². The Bertz CT molecular complexity index is 808. The first-order valence-corrected chi connectivity index (χ1v) is 8.30. The maximum Gasteiger partial charge on any atom is 0.220 e. The lowest BCUT2D eigenvalue weighted by Crippen LogP contribution is -2.35. The molecule has 25 heavy (non-hydrogen) atoms. The van der Waals surface area contributed by atoms with Crippen LogP contribution in [0.2, 0.25) is 0 Å². The number of carbonyl (C=O) groups excluding carboxylic acids is 1. The van der Waals surface area contributed by atoms with E-state index in [1.807, 2.05) is 48.5 Å². The molecule has 0 aliphatic carbocycles. The molecule has 0 saturated carbocycles. The minimum absolute atomic E-state index is 0.118. The van der Waals surface area contributed by atoms with E-state index < -0.39 is 6.10 Å². The molecule has 3 rings (SSSR count). The van der Waals surface area contributed by atoms with E-state index >= 15 is 0 Å². The number of carbonyl (C=O) groups is 1. The van der Waals surface area contributed by atoms with Gasteiger partial charge in [0, 0.05) is 24.8 Å². The van der Waals surface area contributed by atoms with Gasteiger partial charge in [0.15, 0.2) is 0 Å².